The Bertz CT molecular complexity index is 250. The van der Waals surface area contributed by atoms with E-state index in [2.05, 4.69) is 22.5 Å². The van der Waals surface area contributed by atoms with Gasteiger partial charge in [0.1, 0.15) is 0 Å². The fourth-order valence-electron chi connectivity index (χ4n) is 3.85. The van der Waals surface area contributed by atoms with Gasteiger partial charge in [-0.2, -0.15) is 0 Å². The number of nitrogens with zero attached hydrogens (tertiary/aromatic N) is 1. The first kappa shape index (κ1) is 11.0. The first-order chi connectivity index (χ1) is 7.76. The standard InChI is InChI=1S/C13H25N3/c1-13-9-15-6-12(13)8-16(10-13)7-11-2-4-14-5-3-11/h11-12,14-15H,2-10H2,1H3. The molecule has 2 atom stereocenters. The summed E-state index contributed by atoms with van der Waals surface area (Å²) in [5.41, 5.74) is 0.576. The zero-order valence-corrected chi connectivity index (χ0v) is 10.5. The van der Waals surface area contributed by atoms with Gasteiger partial charge in [0, 0.05) is 26.2 Å². The maximum Gasteiger partial charge on any atom is 0.00514 e. The molecule has 0 aromatic heterocycles. The smallest absolute Gasteiger partial charge is 0.00514 e. The van der Waals surface area contributed by atoms with Gasteiger partial charge in [-0.3, -0.25) is 0 Å². The Morgan fingerprint density at radius 2 is 2.06 bits per heavy atom. The fourth-order valence-corrected chi connectivity index (χ4v) is 3.85. The zero-order chi connectivity index (χ0) is 11.0. The fraction of sp³-hybridized carbons (Fsp3) is 1.00. The Morgan fingerprint density at radius 1 is 1.25 bits per heavy atom. The molecule has 0 spiro atoms. The van der Waals surface area contributed by atoms with Crippen LogP contribution in [-0.4, -0.2) is 50.7 Å². The highest BCUT2D eigenvalue weighted by Gasteiger charge is 2.46. The highest BCUT2D eigenvalue weighted by atomic mass is 15.2. The van der Waals surface area contributed by atoms with Crippen LogP contribution < -0.4 is 10.6 Å². The first-order valence-corrected chi connectivity index (χ1v) is 6.90. The van der Waals surface area contributed by atoms with E-state index in [1.165, 1.54) is 58.7 Å². The average molecular weight is 223 g/mol. The van der Waals surface area contributed by atoms with Crippen molar-refractivity contribution in [2.24, 2.45) is 17.3 Å². The van der Waals surface area contributed by atoms with Gasteiger partial charge in [-0.05, 0) is 49.7 Å². The second kappa shape index (κ2) is 4.28. The number of rotatable bonds is 2. The molecular weight excluding hydrogens is 198 g/mol. The minimum atomic E-state index is 0.576. The van der Waals surface area contributed by atoms with E-state index >= 15 is 0 Å². The molecule has 3 aliphatic heterocycles. The quantitative estimate of drug-likeness (QED) is 0.715. The van der Waals surface area contributed by atoms with Gasteiger partial charge in [0.05, 0.1) is 0 Å². The second-order valence-corrected chi connectivity index (χ2v) is 6.37. The molecule has 3 heteroatoms. The molecule has 2 unspecified atom stereocenters. The van der Waals surface area contributed by atoms with Crippen LogP contribution in [0.3, 0.4) is 0 Å². The van der Waals surface area contributed by atoms with Crippen LogP contribution in [-0.2, 0) is 0 Å². The average Bonchev–Trinajstić information content (AvgIpc) is 2.74. The Balaban J connectivity index is 1.54. The monoisotopic (exact) mass is 223 g/mol. The minimum absolute atomic E-state index is 0.576. The van der Waals surface area contributed by atoms with Gasteiger partial charge in [0.25, 0.3) is 0 Å². The van der Waals surface area contributed by atoms with Crippen molar-refractivity contribution in [2.45, 2.75) is 19.8 Å². The molecule has 92 valence electrons. The predicted molar refractivity (Wildman–Crippen MR) is 66.5 cm³/mol. The summed E-state index contributed by atoms with van der Waals surface area (Å²) in [4.78, 5) is 2.74. The van der Waals surface area contributed by atoms with Gasteiger partial charge in [0.15, 0.2) is 0 Å². The van der Waals surface area contributed by atoms with Gasteiger partial charge in [-0.1, -0.05) is 6.92 Å². The molecule has 3 saturated heterocycles. The molecule has 3 nitrogen and oxygen atoms in total. The van der Waals surface area contributed by atoms with Gasteiger partial charge in [0.2, 0.25) is 0 Å². The maximum absolute atomic E-state index is 3.55. The van der Waals surface area contributed by atoms with Crippen molar-refractivity contribution in [1.29, 1.82) is 0 Å². The normalized spacial score (nSPS) is 41.4. The summed E-state index contributed by atoms with van der Waals surface area (Å²) in [6, 6.07) is 0. The zero-order valence-electron chi connectivity index (χ0n) is 10.5. The Morgan fingerprint density at radius 3 is 2.81 bits per heavy atom. The summed E-state index contributed by atoms with van der Waals surface area (Å²) in [6.07, 6.45) is 2.77. The summed E-state index contributed by atoms with van der Waals surface area (Å²) in [5, 5.41) is 7.01. The number of fused-ring (bicyclic) bond motifs is 1. The number of likely N-dealkylation sites (tertiary alicyclic amines) is 1. The van der Waals surface area contributed by atoms with Gasteiger partial charge < -0.3 is 15.5 Å². The predicted octanol–water partition coefficient (Wildman–Crippen LogP) is 0.527. The van der Waals surface area contributed by atoms with E-state index in [-0.39, 0.29) is 0 Å². The lowest BCUT2D eigenvalue weighted by atomic mass is 9.83. The molecule has 3 aliphatic rings. The lowest BCUT2D eigenvalue weighted by Crippen LogP contribution is -2.37. The molecule has 3 fully saturated rings. The van der Waals surface area contributed by atoms with E-state index < -0.39 is 0 Å². The number of hydrogen-bond donors (Lipinski definition) is 2. The SMILES string of the molecule is CC12CNCC1CN(CC1CCNCC1)C2. The molecule has 3 heterocycles. The number of piperidine rings is 1. The third-order valence-electron chi connectivity index (χ3n) is 4.94. The summed E-state index contributed by atoms with van der Waals surface area (Å²) in [6.45, 7) is 11.5. The topological polar surface area (TPSA) is 27.3 Å². The van der Waals surface area contributed by atoms with Crippen LogP contribution in [0, 0.1) is 17.3 Å². The van der Waals surface area contributed by atoms with Crippen LogP contribution in [0.4, 0.5) is 0 Å². The van der Waals surface area contributed by atoms with E-state index in [0.29, 0.717) is 5.41 Å². The van der Waals surface area contributed by atoms with E-state index in [9.17, 15) is 0 Å². The molecule has 0 aromatic carbocycles. The van der Waals surface area contributed by atoms with Crippen LogP contribution in [0.1, 0.15) is 19.8 Å². The molecule has 0 bridgehead atoms. The molecule has 0 aliphatic carbocycles. The molecule has 0 radical (unpaired) electrons. The minimum Gasteiger partial charge on any atom is -0.317 e. The lowest BCUT2D eigenvalue weighted by molar-refractivity contribution is 0.216. The van der Waals surface area contributed by atoms with E-state index in [1.807, 2.05) is 0 Å². The molecule has 0 aromatic rings. The van der Waals surface area contributed by atoms with Crippen molar-refractivity contribution in [3.8, 4) is 0 Å². The van der Waals surface area contributed by atoms with E-state index in [4.69, 9.17) is 0 Å². The largest absolute Gasteiger partial charge is 0.317 e. The summed E-state index contributed by atoms with van der Waals surface area (Å²) < 4.78 is 0. The van der Waals surface area contributed by atoms with Crippen molar-refractivity contribution < 1.29 is 0 Å². The molecule has 16 heavy (non-hydrogen) atoms. The van der Waals surface area contributed by atoms with Crippen LogP contribution in [0.5, 0.6) is 0 Å². The molecule has 0 amide bonds. The highest BCUT2D eigenvalue weighted by Crippen LogP contribution is 2.38. The van der Waals surface area contributed by atoms with Gasteiger partial charge in [-0.15, -0.1) is 0 Å². The first-order valence-electron chi connectivity index (χ1n) is 6.90. The van der Waals surface area contributed by atoms with E-state index in [0.717, 1.165) is 11.8 Å². The summed E-state index contributed by atoms with van der Waals surface area (Å²) in [7, 11) is 0. The molecule has 2 N–H and O–H groups in total. The molecule has 3 rings (SSSR count). The van der Waals surface area contributed by atoms with Gasteiger partial charge >= 0.3 is 0 Å². The highest BCUT2D eigenvalue weighted by molar-refractivity contribution is 5.00. The Labute approximate surface area is 99.0 Å². The Kier molecular flexibility index (Phi) is 2.94. The lowest BCUT2D eigenvalue weighted by Gasteiger charge is -2.28. The summed E-state index contributed by atoms with van der Waals surface area (Å²) >= 11 is 0. The number of nitrogens with one attached hydrogen (secondary N) is 2. The molecular formula is C13H25N3. The van der Waals surface area contributed by atoms with Crippen molar-refractivity contribution in [1.82, 2.24) is 15.5 Å². The number of hydrogen-bond acceptors (Lipinski definition) is 3. The Hall–Kier alpha value is -0.120. The van der Waals surface area contributed by atoms with Crippen molar-refractivity contribution in [3.05, 3.63) is 0 Å². The summed E-state index contributed by atoms with van der Waals surface area (Å²) in [5.74, 6) is 1.87. The van der Waals surface area contributed by atoms with Crippen molar-refractivity contribution >= 4 is 0 Å². The van der Waals surface area contributed by atoms with Crippen molar-refractivity contribution in [3.63, 3.8) is 0 Å². The van der Waals surface area contributed by atoms with Crippen LogP contribution in [0.15, 0.2) is 0 Å². The third-order valence-corrected chi connectivity index (χ3v) is 4.94. The van der Waals surface area contributed by atoms with E-state index in [1.54, 1.807) is 0 Å². The van der Waals surface area contributed by atoms with Crippen molar-refractivity contribution in [2.75, 3.05) is 45.8 Å². The van der Waals surface area contributed by atoms with Gasteiger partial charge in [-0.25, -0.2) is 0 Å². The maximum atomic E-state index is 3.55. The van der Waals surface area contributed by atoms with Crippen LogP contribution >= 0.6 is 0 Å². The third kappa shape index (κ3) is 2.01. The van der Waals surface area contributed by atoms with Crippen LogP contribution in [0.25, 0.3) is 0 Å². The second-order valence-electron chi connectivity index (χ2n) is 6.37. The molecule has 0 saturated carbocycles. The van der Waals surface area contributed by atoms with Crippen LogP contribution in [0.2, 0.25) is 0 Å².